The molecule has 9 aromatic rings. The summed E-state index contributed by atoms with van der Waals surface area (Å²) in [5, 5.41) is 3.93. The van der Waals surface area contributed by atoms with Gasteiger partial charge in [0.2, 0.25) is 0 Å². The number of fused-ring (bicyclic) bond motifs is 5. The van der Waals surface area contributed by atoms with E-state index in [0.717, 1.165) is 43.8 Å². The van der Waals surface area contributed by atoms with Gasteiger partial charge in [-0.25, -0.2) is 0 Å². The summed E-state index contributed by atoms with van der Waals surface area (Å²) >= 11 is 0. The third kappa shape index (κ3) is 4.09. The van der Waals surface area contributed by atoms with Crippen LogP contribution in [-0.2, 0) is 0 Å². The summed E-state index contributed by atoms with van der Waals surface area (Å²) in [6.45, 7) is 0. The van der Waals surface area contributed by atoms with E-state index in [1.165, 1.54) is 0 Å². The summed E-state index contributed by atoms with van der Waals surface area (Å²) in [4.78, 5) is 0. The molecule has 0 bridgehead atoms. The van der Waals surface area contributed by atoms with Crippen LogP contribution >= 0.6 is 0 Å². The Bertz CT molecular complexity index is 3070. The molecule has 8 aromatic carbocycles. The van der Waals surface area contributed by atoms with Crippen molar-refractivity contribution in [2.24, 2.45) is 0 Å². The van der Waals surface area contributed by atoms with Crippen molar-refractivity contribution in [2.75, 3.05) is 0 Å². The lowest BCUT2D eigenvalue weighted by atomic mass is 9.85. The molecule has 0 radical (unpaired) electrons. The average molecular weight is 584 g/mol. The summed E-state index contributed by atoms with van der Waals surface area (Å²) < 4.78 is 102. The van der Waals surface area contributed by atoms with Crippen molar-refractivity contribution in [2.45, 2.75) is 0 Å². The Morgan fingerprint density at radius 1 is 0.400 bits per heavy atom. The second-order valence-electron chi connectivity index (χ2n) is 10.8. The van der Waals surface area contributed by atoms with E-state index in [2.05, 4.69) is 36.4 Å². The number of para-hydroxylation sites is 1. The Morgan fingerprint density at radius 3 is 1.69 bits per heavy atom. The Morgan fingerprint density at radius 2 is 0.978 bits per heavy atom. The number of furan rings is 1. The van der Waals surface area contributed by atoms with Gasteiger partial charge in [0, 0.05) is 16.3 Å². The van der Waals surface area contributed by atoms with Crippen LogP contribution in [0, 0.1) is 0 Å². The molecule has 0 aliphatic carbocycles. The third-order valence-electron chi connectivity index (χ3n) is 8.31. The zero-order chi connectivity index (χ0) is 39.3. The molecule has 1 heteroatoms. The highest BCUT2D eigenvalue weighted by Gasteiger charge is 2.19. The van der Waals surface area contributed by atoms with E-state index in [1.807, 2.05) is 60.7 Å². The van der Waals surface area contributed by atoms with E-state index in [-0.39, 0.29) is 44.7 Å². The first-order valence-electron chi connectivity index (χ1n) is 20.0. The highest BCUT2D eigenvalue weighted by atomic mass is 16.3. The predicted octanol–water partition coefficient (Wildman–Crippen LogP) is 12.6. The minimum absolute atomic E-state index is 0.0515. The monoisotopic (exact) mass is 583 g/mol. The first kappa shape index (κ1) is 16.8. The van der Waals surface area contributed by atoms with Gasteiger partial charge in [-0.1, -0.05) is 157 Å². The third-order valence-corrected chi connectivity index (χ3v) is 8.31. The van der Waals surface area contributed by atoms with Gasteiger partial charge in [-0.2, -0.15) is 0 Å². The Balaban J connectivity index is 1.38. The maximum atomic E-state index is 9.18. The fraction of sp³-hybridized carbons (Fsp3) is 0. The Labute approximate surface area is 277 Å². The molecule has 1 nitrogen and oxygen atoms in total. The normalized spacial score (nSPS) is 15.0. The van der Waals surface area contributed by atoms with Crippen molar-refractivity contribution in [3.05, 3.63) is 170 Å². The molecule has 210 valence electrons. The van der Waals surface area contributed by atoms with Gasteiger partial charge in [0.05, 0.1) is 15.1 Å². The molecule has 0 unspecified atom stereocenters. The maximum Gasteiger partial charge on any atom is 0.143 e. The van der Waals surface area contributed by atoms with Crippen molar-refractivity contribution < 1.29 is 19.5 Å². The fourth-order valence-corrected chi connectivity index (χ4v) is 6.43. The molecule has 45 heavy (non-hydrogen) atoms. The number of benzene rings is 8. The van der Waals surface area contributed by atoms with Gasteiger partial charge in [-0.3, -0.25) is 0 Å². The van der Waals surface area contributed by atoms with Crippen molar-refractivity contribution in [3.63, 3.8) is 0 Å². The molecule has 0 atom stereocenters. The number of hydrogen-bond donors (Lipinski definition) is 0. The smallest absolute Gasteiger partial charge is 0.143 e. The molecule has 0 aliphatic heterocycles. The van der Waals surface area contributed by atoms with Gasteiger partial charge in [0.15, 0.2) is 0 Å². The van der Waals surface area contributed by atoms with E-state index in [9.17, 15) is 1.37 Å². The van der Waals surface area contributed by atoms with Crippen LogP contribution in [0.15, 0.2) is 174 Å². The SMILES string of the molecule is [2H]c1c([2H])c([2H])c(-c2c([2H])c([2H])c([2H])c3oc4c(-c5cccc(-c6c7ccccc7c(-c7ccccc7)c7ccccc67)c5)c([2H])c([2H])c([2H])c4c23)c([2H])c1[2H]. The van der Waals surface area contributed by atoms with Gasteiger partial charge in [0.25, 0.3) is 0 Å². The second kappa shape index (κ2) is 10.4. The fourth-order valence-electron chi connectivity index (χ4n) is 6.43. The quantitative estimate of drug-likeness (QED) is 0.188. The van der Waals surface area contributed by atoms with E-state index in [0.29, 0.717) is 5.56 Å². The van der Waals surface area contributed by atoms with Crippen LogP contribution in [0.2, 0.25) is 0 Å². The molecule has 0 amide bonds. The molecular weight excluding hydrogens is 544 g/mol. The van der Waals surface area contributed by atoms with Gasteiger partial charge in [-0.05, 0) is 72.6 Å². The van der Waals surface area contributed by atoms with Crippen molar-refractivity contribution in [1.29, 1.82) is 0 Å². The van der Waals surface area contributed by atoms with E-state index in [4.69, 9.17) is 18.1 Å². The molecule has 9 rings (SSSR count). The molecule has 0 fully saturated rings. The largest absolute Gasteiger partial charge is 0.455 e. The molecule has 0 saturated heterocycles. The topological polar surface area (TPSA) is 13.1 Å². The first-order chi connectivity index (χ1) is 26.9. The molecule has 0 N–H and O–H groups in total. The van der Waals surface area contributed by atoms with E-state index < -0.39 is 60.4 Å². The van der Waals surface area contributed by atoms with Crippen LogP contribution < -0.4 is 0 Å². The Hall–Kier alpha value is -5.92. The van der Waals surface area contributed by atoms with Crippen molar-refractivity contribution in [1.82, 2.24) is 0 Å². The van der Waals surface area contributed by atoms with Crippen LogP contribution in [0.1, 0.15) is 15.1 Å². The minimum atomic E-state index is -0.655. The zero-order valence-electron chi connectivity index (χ0n) is 34.7. The summed E-state index contributed by atoms with van der Waals surface area (Å²) in [6.07, 6.45) is 0. The lowest BCUT2D eigenvalue weighted by Crippen LogP contribution is -1.91. The molecule has 1 heterocycles. The van der Waals surface area contributed by atoms with E-state index in [1.54, 1.807) is 6.07 Å². The molecular formula is C44H28O. The van der Waals surface area contributed by atoms with Gasteiger partial charge >= 0.3 is 0 Å². The van der Waals surface area contributed by atoms with Gasteiger partial charge < -0.3 is 4.42 Å². The van der Waals surface area contributed by atoms with Crippen molar-refractivity contribution in [3.8, 4) is 44.5 Å². The van der Waals surface area contributed by atoms with Crippen LogP contribution in [0.25, 0.3) is 88.0 Å². The number of rotatable bonds is 4. The second-order valence-corrected chi connectivity index (χ2v) is 10.8. The summed E-state index contributed by atoms with van der Waals surface area (Å²) in [5.41, 5.74) is 3.57. The number of hydrogen-bond acceptors (Lipinski definition) is 1. The molecule has 1 aromatic heterocycles. The zero-order valence-corrected chi connectivity index (χ0v) is 23.7. The van der Waals surface area contributed by atoms with Crippen LogP contribution in [-0.4, -0.2) is 0 Å². The molecule has 0 spiro atoms. The lowest BCUT2D eigenvalue weighted by molar-refractivity contribution is 0.670. The van der Waals surface area contributed by atoms with Gasteiger partial charge in [0.1, 0.15) is 11.2 Å². The highest BCUT2D eigenvalue weighted by Crippen LogP contribution is 2.45. The van der Waals surface area contributed by atoms with Crippen molar-refractivity contribution >= 4 is 43.5 Å². The van der Waals surface area contributed by atoms with Crippen LogP contribution in [0.4, 0.5) is 0 Å². The van der Waals surface area contributed by atoms with Gasteiger partial charge in [-0.15, -0.1) is 0 Å². The molecule has 0 aliphatic rings. The first-order valence-corrected chi connectivity index (χ1v) is 14.5. The average Bonchev–Trinajstić information content (AvgIpc) is 3.61. The van der Waals surface area contributed by atoms with E-state index >= 15 is 0 Å². The Kier molecular flexibility index (Phi) is 3.87. The summed E-state index contributed by atoms with van der Waals surface area (Å²) in [6, 6.07) is 27.9. The van der Waals surface area contributed by atoms with Crippen LogP contribution in [0.3, 0.4) is 0 Å². The minimum Gasteiger partial charge on any atom is -0.455 e. The van der Waals surface area contributed by atoms with Crippen LogP contribution in [0.5, 0.6) is 0 Å². The summed E-state index contributed by atoms with van der Waals surface area (Å²) in [7, 11) is 0. The standard InChI is InChI=1S/C44H28O/c1-3-14-29(15-4-1)33-24-13-27-40-43(33)39-26-12-25-34(44(39)45-40)31-18-11-19-32(28-31)42-37-22-9-7-20-35(37)41(30-16-5-2-6-17-30)36-21-8-10-23-38(36)42/h1-28H/i1D,3D,4D,12D,13D,14D,15D,24D,25D,26D,27D. The molecule has 0 saturated carbocycles. The predicted molar refractivity (Wildman–Crippen MR) is 190 cm³/mol. The summed E-state index contributed by atoms with van der Waals surface area (Å²) in [5.74, 6) is 0. The maximum absolute atomic E-state index is 9.18. The lowest BCUT2D eigenvalue weighted by Gasteiger charge is -2.18. The highest BCUT2D eigenvalue weighted by molar-refractivity contribution is 6.22.